The molecule has 0 radical (unpaired) electrons. The van der Waals surface area contributed by atoms with Crippen LogP contribution in [0.25, 0.3) is 0 Å². The molecule has 0 heterocycles. The van der Waals surface area contributed by atoms with Crippen molar-refractivity contribution in [2.45, 2.75) is 26.7 Å². The summed E-state index contributed by atoms with van der Waals surface area (Å²) in [6.45, 7) is 5.98. The summed E-state index contributed by atoms with van der Waals surface area (Å²) < 4.78 is 0. The standard InChI is InChI=1S/C12H16ClNO2/c1-12(2,3)11(8-14(15)16)9-4-6-10(13)7-5-9/h4-7,11H,8H2,1-3H3. The fourth-order valence-electron chi connectivity index (χ4n) is 1.72. The second-order valence-electron chi connectivity index (χ2n) is 4.99. The number of hydrogen-bond acceptors (Lipinski definition) is 2. The molecule has 1 aromatic carbocycles. The Morgan fingerprint density at radius 3 is 2.19 bits per heavy atom. The molecular weight excluding hydrogens is 226 g/mol. The topological polar surface area (TPSA) is 43.1 Å². The average molecular weight is 242 g/mol. The van der Waals surface area contributed by atoms with Gasteiger partial charge in [-0.15, -0.1) is 0 Å². The number of benzene rings is 1. The summed E-state index contributed by atoms with van der Waals surface area (Å²) in [4.78, 5) is 10.4. The average Bonchev–Trinajstić information content (AvgIpc) is 2.14. The van der Waals surface area contributed by atoms with Crippen molar-refractivity contribution in [1.82, 2.24) is 0 Å². The third-order valence-electron chi connectivity index (χ3n) is 2.65. The highest BCUT2D eigenvalue weighted by molar-refractivity contribution is 6.30. The molecule has 0 spiro atoms. The molecule has 16 heavy (non-hydrogen) atoms. The zero-order valence-electron chi connectivity index (χ0n) is 9.74. The van der Waals surface area contributed by atoms with Crippen LogP contribution in [0.4, 0.5) is 0 Å². The first-order valence-corrected chi connectivity index (χ1v) is 5.56. The highest BCUT2D eigenvalue weighted by atomic mass is 35.5. The Balaban J connectivity index is 3.01. The largest absolute Gasteiger partial charge is 0.265 e. The van der Waals surface area contributed by atoms with E-state index >= 15 is 0 Å². The highest BCUT2D eigenvalue weighted by Gasteiger charge is 2.30. The Hall–Kier alpha value is -1.09. The molecule has 0 aromatic heterocycles. The number of hydrogen-bond donors (Lipinski definition) is 0. The van der Waals surface area contributed by atoms with Gasteiger partial charge in [0.15, 0.2) is 0 Å². The van der Waals surface area contributed by atoms with Gasteiger partial charge in [-0.1, -0.05) is 44.5 Å². The van der Waals surface area contributed by atoms with Crippen molar-refractivity contribution < 1.29 is 4.92 Å². The van der Waals surface area contributed by atoms with E-state index in [9.17, 15) is 10.1 Å². The van der Waals surface area contributed by atoms with Crippen LogP contribution in [0, 0.1) is 15.5 Å². The van der Waals surface area contributed by atoms with Crippen LogP contribution in [0.1, 0.15) is 32.3 Å². The molecule has 4 heteroatoms. The Labute approximate surface area is 101 Å². The van der Waals surface area contributed by atoms with Crippen LogP contribution in [0.2, 0.25) is 5.02 Å². The van der Waals surface area contributed by atoms with E-state index in [1.807, 2.05) is 32.9 Å². The van der Waals surface area contributed by atoms with Crippen molar-refractivity contribution in [3.63, 3.8) is 0 Å². The molecule has 0 aliphatic rings. The van der Waals surface area contributed by atoms with Gasteiger partial charge in [-0.3, -0.25) is 10.1 Å². The lowest BCUT2D eigenvalue weighted by atomic mass is 9.76. The zero-order valence-corrected chi connectivity index (χ0v) is 10.5. The second-order valence-corrected chi connectivity index (χ2v) is 5.42. The summed E-state index contributed by atoms with van der Waals surface area (Å²) in [7, 11) is 0. The SMILES string of the molecule is CC(C)(C)C(C[N+](=O)[O-])c1ccc(Cl)cc1. The smallest absolute Gasteiger partial charge is 0.211 e. The number of nitro groups is 1. The summed E-state index contributed by atoms with van der Waals surface area (Å²) in [6.07, 6.45) is 0. The van der Waals surface area contributed by atoms with E-state index in [4.69, 9.17) is 11.6 Å². The van der Waals surface area contributed by atoms with Gasteiger partial charge in [0.1, 0.15) is 0 Å². The van der Waals surface area contributed by atoms with Gasteiger partial charge >= 0.3 is 0 Å². The van der Waals surface area contributed by atoms with Gasteiger partial charge in [0.05, 0.1) is 5.92 Å². The first kappa shape index (κ1) is 13.0. The Morgan fingerprint density at radius 2 is 1.81 bits per heavy atom. The third kappa shape index (κ3) is 3.49. The molecule has 88 valence electrons. The molecule has 1 rings (SSSR count). The predicted octanol–water partition coefficient (Wildman–Crippen LogP) is 3.75. The minimum atomic E-state index is -0.259. The van der Waals surface area contributed by atoms with Gasteiger partial charge in [0.2, 0.25) is 6.54 Å². The van der Waals surface area contributed by atoms with Crippen LogP contribution in [0.5, 0.6) is 0 Å². The molecule has 0 bridgehead atoms. The zero-order chi connectivity index (χ0) is 12.3. The van der Waals surface area contributed by atoms with Crippen LogP contribution < -0.4 is 0 Å². The van der Waals surface area contributed by atoms with E-state index in [1.54, 1.807) is 12.1 Å². The molecule has 0 aliphatic carbocycles. The molecule has 1 unspecified atom stereocenters. The van der Waals surface area contributed by atoms with Gasteiger partial charge < -0.3 is 0 Å². The number of nitrogens with zero attached hydrogens (tertiary/aromatic N) is 1. The van der Waals surface area contributed by atoms with Crippen LogP contribution in [-0.4, -0.2) is 11.5 Å². The van der Waals surface area contributed by atoms with Crippen molar-refractivity contribution in [3.8, 4) is 0 Å². The lowest BCUT2D eigenvalue weighted by molar-refractivity contribution is -0.486. The van der Waals surface area contributed by atoms with Crippen molar-refractivity contribution in [2.75, 3.05) is 6.54 Å². The molecular formula is C12H16ClNO2. The highest BCUT2D eigenvalue weighted by Crippen LogP contribution is 2.35. The Morgan fingerprint density at radius 1 is 1.31 bits per heavy atom. The molecule has 1 aromatic rings. The van der Waals surface area contributed by atoms with E-state index in [0.717, 1.165) is 5.56 Å². The third-order valence-corrected chi connectivity index (χ3v) is 2.90. The second kappa shape index (κ2) is 4.83. The van der Waals surface area contributed by atoms with Gasteiger partial charge in [-0.05, 0) is 23.1 Å². The molecule has 0 saturated heterocycles. The minimum Gasteiger partial charge on any atom is -0.265 e. The van der Waals surface area contributed by atoms with Gasteiger partial charge in [0.25, 0.3) is 0 Å². The molecule has 0 fully saturated rings. The number of rotatable bonds is 3. The Bertz CT molecular complexity index is 368. The van der Waals surface area contributed by atoms with Crippen molar-refractivity contribution in [1.29, 1.82) is 0 Å². The Kier molecular flexibility index (Phi) is 3.92. The quantitative estimate of drug-likeness (QED) is 0.598. The van der Waals surface area contributed by atoms with E-state index in [-0.39, 0.29) is 22.8 Å². The first-order chi connectivity index (χ1) is 7.30. The maximum absolute atomic E-state index is 10.7. The summed E-state index contributed by atoms with van der Waals surface area (Å²) in [5.41, 5.74) is 0.828. The van der Waals surface area contributed by atoms with E-state index < -0.39 is 0 Å². The first-order valence-electron chi connectivity index (χ1n) is 5.18. The van der Waals surface area contributed by atoms with Crippen molar-refractivity contribution >= 4 is 11.6 Å². The normalized spacial score (nSPS) is 13.5. The van der Waals surface area contributed by atoms with Crippen molar-refractivity contribution in [2.24, 2.45) is 5.41 Å². The minimum absolute atomic E-state index is 0.0505. The molecule has 0 amide bonds. The van der Waals surface area contributed by atoms with Crippen LogP contribution >= 0.6 is 11.6 Å². The van der Waals surface area contributed by atoms with Gasteiger partial charge in [0, 0.05) is 9.95 Å². The van der Waals surface area contributed by atoms with E-state index in [1.165, 1.54) is 0 Å². The molecule has 3 nitrogen and oxygen atoms in total. The maximum atomic E-state index is 10.7. The molecule has 0 N–H and O–H groups in total. The maximum Gasteiger partial charge on any atom is 0.211 e. The lowest BCUT2D eigenvalue weighted by Crippen LogP contribution is -2.25. The van der Waals surface area contributed by atoms with E-state index in [0.29, 0.717) is 5.02 Å². The molecule has 1 atom stereocenters. The lowest BCUT2D eigenvalue weighted by Gasteiger charge is -2.27. The predicted molar refractivity (Wildman–Crippen MR) is 65.5 cm³/mol. The molecule has 0 aliphatic heterocycles. The van der Waals surface area contributed by atoms with Gasteiger partial charge in [-0.2, -0.15) is 0 Å². The van der Waals surface area contributed by atoms with Crippen LogP contribution in [-0.2, 0) is 0 Å². The monoisotopic (exact) mass is 241 g/mol. The summed E-state index contributed by atoms with van der Waals surface area (Å²) in [5.74, 6) is -0.0974. The summed E-state index contributed by atoms with van der Waals surface area (Å²) in [6, 6.07) is 7.27. The number of halogens is 1. The fraction of sp³-hybridized carbons (Fsp3) is 0.500. The summed E-state index contributed by atoms with van der Waals surface area (Å²) >= 11 is 5.80. The van der Waals surface area contributed by atoms with Crippen LogP contribution in [0.3, 0.4) is 0 Å². The van der Waals surface area contributed by atoms with Crippen LogP contribution in [0.15, 0.2) is 24.3 Å². The fourth-order valence-corrected chi connectivity index (χ4v) is 1.85. The van der Waals surface area contributed by atoms with Crippen molar-refractivity contribution in [3.05, 3.63) is 45.0 Å². The van der Waals surface area contributed by atoms with E-state index in [2.05, 4.69) is 0 Å². The molecule has 0 saturated carbocycles. The summed E-state index contributed by atoms with van der Waals surface area (Å²) in [5, 5.41) is 11.3. The van der Waals surface area contributed by atoms with Gasteiger partial charge in [-0.25, -0.2) is 0 Å².